The summed E-state index contributed by atoms with van der Waals surface area (Å²) in [5.74, 6) is 0.144. The molecule has 9 heteroatoms. The fourth-order valence-electron chi connectivity index (χ4n) is 3.25. The maximum absolute atomic E-state index is 13.8. The zero-order valence-electron chi connectivity index (χ0n) is 17.7. The molecular formula is C23H21F2N5O2. The monoisotopic (exact) mass is 437 g/mol. The number of carbonyl (C=O) groups is 1. The smallest absolute Gasteiger partial charge is 0.280 e. The normalized spacial score (nSPS) is 11.1. The van der Waals surface area contributed by atoms with Crippen molar-refractivity contribution in [1.29, 1.82) is 0 Å². The zero-order chi connectivity index (χ0) is 22.8. The molecule has 1 amide bonds. The van der Waals surface area contributed by atoms with Gasteiger partial charge in [-0.05, 0) is 54.6 Å². The van der Waals surface area contributed by atoms with Crippen LogP contribution in [0.1, 0.15) is 22.5 Å². The Labute approximate surface area is 183 Å². The third-order valence-corrected chi connectivity index (χ3v) is 4.99. The van der Waals surface area contributed by atoms with Crippen LogP contribution in [0.25, 0.3) is 16.9 Å². The number of hydrogen-bond donors (Lipinski definition) is 1. The molecule has 0 unspecified atom stereocenters. The Balaban J connectivity index is 1.73. The minimum absolute atomic E-state index is 0.0519. The number of nitrogens with zero attached hydrogens (tertiary/aromatic N) is 4. The van der Waals surface area contributed by atoms with E-state index < -0.39 is 12.3 Å². The van der Waals surface area contributed by atoms with E-state index in [1.54, 1.807) is 43.5 Å². The number of methoxy groups -OCH3 is 1. The van der Waals surface area contributed by atoms with Gasteiger partial charge in [0.2, 0.25) is 0 Å². The van der Waals surface area contributed by atoms with E-state index in [1.165, 1.54) is 12.3 Å². The quantitative estimate of drug-likeness (QED) is 0.475. The summed E-state index contributed by atoms with van der Waals surface area (Å²) in [7, 11) is 5.37. The zero-order valence-corrected chi connectivity index (χ0v) is 17.7. The predicted molar refractivity (Wildman–Crippen MR) is 119 cm³/mol. The highest BCUT2D eigenvalue weighted by molar-refractivity contribution is 6.08. The number of amides is 1. The van der Waals surface area contributed by atoms with Gasteiger partial charge in [0.05, 0.1) is 19.0 Å². The number of halogens is 2. The second-order valence-corrected chi connectivity index (χ2v) is 7.28. The van der Waals surface area contributed by atoms with Crippen LogP contribution in [0.5, 0.6) is 5.75 Å². The summed E-state index contributed by atoms with van der Waals surface area (Å²) in [6, 6.07) is 15.4. The predicted octanol–water partition coefficient (Wildman–Crippen LogP) is 4.66. The molecule has 0 aliphatic rings. The van der Waals surface area contributed by atoms with Crippen molar-refractivity contribution >= 4 is 22.9 Å². The number of alkyl halides is 2. The fraction of sp³-hybridized carbons (Fsp3) is 0.174. The van der Waals surface area contributed by atoms with Crippen molar-refractivity contribution in [3.63, 3.8) is 0 Å². The van der Waals surface area contributed by atoms with Crippen molar-refractivity contribution in [2.75, 3.05) is 31.4 Å². The molecule has 1 N–H and O–H groups in total. The van der Waals surface area contributed by atoms with Crippen LogP contribution in [0, 0.1) is 0 Å². The molecule has 2 aromatic heterocycles. The lowest BCUT2D eigenvalue weighted by molar-refractivity contribution is 0.102. The van der Waals surface area contributed by atoms with Crippen LogP contribution in [0.2, 0.25) is 0 Å². The molecule has 0 spiro atoms. The molecular weight excluding hydrogens is 416 g/mol. The van der Waals surface area contributed by atoms with Crippen LogP contribution in [-0.2, 0) is 0 Å². The van der Waals surface area contributed by atoms with Crippen LogP contribution in [0.15, 0.2) is 60.8 Å². The SMILES string of the molecule is COc1ccc(-c2cc(C(F)F)n3ncc(C(=O)Nc4ccc(N(C)C)cc4)c3n2)cc1. The Bertz CT molecular complexity index is 1250. The Hall–Kier alpha value is -4.01. The standard InChI is InChI=1S/C23H21F2N5O2/c1-29(2)16-8-6-15(7-9-16)27-23(31)18-13-26-30-20(21(24)25)12-19(28-22(18)30)14-4-10-17(32-3)11-5-14/h4-13,21H,1-3H3,(H,27,31). The van der Waals surface area contributed by atoms with Gasteiger partial charge in [0.25, 0.3) is 12.3 Å². The molecule has 164 valence electrons. The van der Waals surface area contributed by atoms with Crippen LogP contribution in [0.4, 0.5) is 20.2 Å². The van der Waals surface area contributed by atoms with Crippen LogP contribution >= 0.6 is 0 Å². The lowest BCUT2D eigenvalue weighted by atomic mass is 10.1. The summed E-state index contributed by atoms with van der Waals surface area (Å²) in [4.78, 5) is 19.3. The molecule has 0 saturated heterocycles. The van der Waals surface area contributed by atoms with Gasteiger partial charge in [0, 0.05) is 31.0 Å². The fourth-order valence-corrected chi connectivity index (χ4v) is 3.25. The van der Waals surface area contributed by atoms with Crippen molar-refractivity contribution in [1.82, 2.24) is 14.6 Å². The summed E-state index contributed by atoms with van der Waals surface area (Å²) < 4.78 is 33.7. The molecule has 7 nitrogen and oxygen atoms in total. The lowest BCUT2D eigenvalue weighted by Gasteiger charge is -2.13. The maximum atomic E-state index is 13.8. The summed E-state index contributed by atoms with van der Waals surface area (Å²) >= 11 is 0. The van der Waals surface area contributed by atoms with Gasteiger partial charge in [-0.1, -0.05) is 0 Å². The summed E-state index contributed by atoms with van der Waals surface area (Å²) in [6.07, 6.45) is -1.55. The number of nitrogens with one attached hydrogen (secondary N) is 1. The average Bonchev–Trinajstić information content (AvgIpc) is 3.23. The van der Waals surface area contributed by atoms with Crippen molar-refractivity contribution in [3.05, 3.63) is 72.1 Å². The number of carbonyl (C=O) groups excluding carboxylic acids is 1. The maximum Gasteiger partial charge on any atom is 0.280 e. The van der Waals surface area contributed by atoms with Gasteiger partial charge in [0.1, 0.15) is 17.0 Å². The molecule has 0 radical (unpaired) electrons. The number of benzene rings is 2. The second kappa shape index (κ2) is 8.62. The Morgan fingerprint density at radius 1 is 1.09 bits per heavy atom. The molecule has 2 heterocycles. The first-order valence-corrected chi connectivity index (χ1v) is 9.77. The van der Waals surface area contributed by atoms with Crippen molar-refractivity contribution < 1.29 is 18.3 Å². The van der Waals surface area contributed by atoms with Crippen LogP contribution in [0.3, 0.4) is 0 Å². The molecule has 0 bridgehead atoms. The number of ether oxygens (including phenoxy) is 1. The van der Waals surface area contributed by atoms with Crippen molar-refractivity contribution in [2.45, 2.75) is 6.43 Å². The van der Waals surface area contributed by atoms with Gasteiger partial charge in [-0.3, -0.25) is 4.79 Å². The third-order valence-electron chi connectivity index (χ3n) is 4.99. The number of aromatic nitrogens is 3. The van der Waals surface area contributed by atoms with Crippen LogP contribution < -0.4 is 15.0 Å². The van der Waals surface area contributed by atoms with Gasteiger partial charge < -0.3 is 15.0 Å². The first-order valence-electron chi connectivity index (χ1n) is 9.77. The highest BCUT2D eigenvalue weighted by Gasteiger charge is 2.21. The van der Waals surface area contributed by atoms with E-state index in [1.807, 2.05) is 31.1 Å². The van der Waals surface area contributed by atoms with Crippen LogP contribution in [-0.4, -0.2) is 41.7 Å². The minimum Gasteiger partial charge on any atom is -0.497 e. The molecule has 0 aliphatic carbocycles. The van der Waals surface area contributed by atoms with E-state index in [9.17, 15) is 13.6 Å². The highest BCUT2D eigenvalue weighted by Crippen LogP contribution is 2.28. The Kier molecular flexibility index (Phi) is 5.72. The Morgan fingerprint density at radius 2 is 1.78 bits per heavy atom. The number of anilines is 2. The second-order valence-electron chi connectivity index (χ2n) is 7.28. The topological polar surface area (TPSA) is 71.8 Å². The average molecular weight is 437 g/mol. The first-order chi connectivity index (χ1) is 15.4. The molecule has 0 atom stereocenters. The van der Waals surface area contributed by atoms with E-state index in [0.717, 1.165) is 10.2 Å². The molecule has 0 saturated carbocycles. The molecule has 0 fully saturated rings. The molecule has 2 aromatic carbocycles. The molecule has 4 aromatic rings. The van der Waals surface area contributed by atoms with Crippen molar-refractivity contribution in [2.24, 2.45) is 0 Å². The third kappa shape index (κ3) is 4.09. The summed E-state index contributed by atoms with van der Waals surface area (Å²) in [5.41, 5.74) is 2.26. The number of rotatable bonds is 6. The van der Waals surface area contributed by atoms with E-state index in [0.29, 0.717) is 22.7 Å². The van der Waals surface area contributed by atoms with Gasteiger partial charge in [-0.15, -0.1) is 0 Å². The molecule has 4 rings (SSSR count). The number of fused-ring (bicyclic) bond motifs is 1. The number of hydrogen-bond acceptors (Lipinski definition) is 5. The molecule has 32 heavy (non-hydrogen) atoms. The van der Waals surface area contributed by atoms with E-state index in [2.05, 4.69) is 15.4 Å². The molecule has 0 aliphatic heterocycles. The minimum atomic E-state index is -2.80. The van der Waals surface area contributed by atoms with Gasteiger partial charge in [-0.25, -0.2) is 18.3 Å². The Morgan fingerprint density at radius 3 is 2.38 bits per heavy atom. The summed E-state index contributed by atoms with van der Waals surface area (Å²) in [5, 5.41) is 6.76. The van der Waals surface area contributed by atoms with E-state index >= 15 is 0 Å². The highest BCUT2D eigenvalue weighted by atomic mass is 19.3. The van der Waals surface area contributed by atoms with E-state index in [4.69, 9.17) is 4.74 Å². The largest absolute Gasteiger partial charge is 0.497 e. The first kappa shape index (κ1) is 21.2. The summed E-state index contributed by atoms with van der Waals surface area (Å²) in [6.45, 7) is 0. The van der Waals surface area contributed by atoms with Gasteiger partial charge in [-0.2, -0.15) is 5.10 Å². The van der Waals surface area contributed by atoms with Crippen molar-refractivity contribution in [3.8, 4) is 17.0 Å². The van der Waals surface area contributed by atoms with E-state index in [-0.39, 0.29) is 16.9 Å². The van der Waals surface area contributed by atoms with Gasteiger partial charge >= 0.3 is 0 Å². The van der Waals surface area contributed by atoms with Gasteiger partial charge in [0.15, 0.2) is 5.65 Å². The lowest BCUT2D eigenvalue weighted by Crippen LogP contribution is -2.13.